The molecule has 10 heterocycles. The Morgan fingerprint density at radius 2 is 1.50 bits per heavy atom. The standard InChI is InChI=1S/C27H25ClF3N3O2.C22H25NO5S.C20H24N6O3.C19H17F6N5O.C17H23Cl2NO/c1-17(34-25(35)26(2,3)36-24-12-9-21(16-33-24)27(29,30)31)23(14-18-7-10-22(28)11-8-18)20-6-4-5-19(13-20)15-32;1-15-3-4-20(26-2)17(11-15)14-29(24,25)19-12-16-7-10-27-22(16)21(13-19)28-18-5-8-23-9-6-18;1-20(24-13-18(27)26-15(11-21)2-3-16(26)12-22)5-8-25(9-6-20)17-10-14(19(28)29)4-7-23-17;20-12-7-14(22)13(21)6-11(12)10-2-1-9(5-15(10)26)17(31)29-3-4-30-16(8-29)27-28-18(30)19(23,24)25;1-3-21-10-14-13(9-12-5-7-17(14)20(12)2)11-4-6-15(18)16(19)8-11/h4-13,16-17,23H,14H2,1-3H3,(H,34,35);3-4,7,10-13,18,23H,5-6,8-9,14H2,1-2H3;4,7,10,15-16,24H,2-3,5-6,8-9,13H2,1H3,(H,28,29);1,6-7,10,15H,2-5,8,26H2;4,6,8,12-14,17H,3,5,7,9-10H2,1-2H3/t17-,23+;;15-,16+;10-,15+;12-,13+,14+,17+/m0..10/s1. The Morgan fingerprint density at radius 1 is 0.781 bits per heavy atom. The number of anilines is 1. The van der Waals surface area contributed by atoms with Crippen molar-refractivity contribution in [2.24, 2.45) is 11.7 Å². The minimum absolute atomic E-state index is 0.0226. The second-order valence-electron chi connectivity index (χ2n) is 38.0. The van der Waals surface area contributed by atoms with Crippen molar-refractivity contribution in [3.63, 3.8) is 0 Å². The Hall–Kier alpha value is -12.4. The number of aromatic carboxylic acids is 1. The maximum absolute atomic E-state index is 14.1. The average Bonchev–Trinajstić information content (AvgIpc) is 1.62. The zero-order chi connectivity index (χ0) is 105. The highest BCUT2D eigenvalue weighted by Gasteiger charge is 2.48. The number of nitriles is 3. The van der Waals surface area contributed by atoms with E-state index in [0.717, 1.165) is 91.4 Å². The monoisotopic (exact) mass is 2100 g/mol. The summed E-state index contributed by atoms with van der Waals surface area (Å²) in [7, 11) is 0.206. The molecule has 4 aromatic heterocycles. The van der Waals surface area contributed by atoms with Gasteiger partial charge in [0.15, 0.2) is 44.2 Å². The third-order valence-electron chi connectivity index (χ3n) is 27.7. The summed E-state index contributed by atoms with van der Waals surface area (Å²) in [5.74, 6) is -4.91. The summed E-state index contributed by atoms with van der Waals surface area (Å²) in [5, 5.41) is 55.9. The highest BCUT2D eigenvalue weighted by atomic mass is 35.5. The number of nitrogens with zero attached hydrogens (tertiary/aromatic N) is 12. The van der Waals surface area contributed by atoms with Crippen molar-refractivity contribution >= 4 is 85.1 Å². The number of rotatable bonds is 25. The van der Waals surface area contributed by atoms with Crippen molar-refractivity contribution in [2.75, 3.05) is 71.5 Å². The van der Waals surface area contributed by atoms with Crippen molar-refractivity contribution in [3.8, 4) is 35.6 Å². The summed E-state index contributed by atoms with van der Waals surface area (Å²) in [5.41, 5.74) is 9.88. The van der Waals surface area contributed by atoms with Gasteiger partial charge in [0.1, 0.15) is 35.6 Å². The van der Waals surface area contributed by atoms with Gasteiger partial charge < -0.3 is 74.3 Å². The molecule has 0 saturated carbocycles. The lowest BCUT2D eigenvalue weighted by molar-refractivity contribution is -0.148. The molecule has 1 aliphatic carbocycles. The number of carbonyl (C=O) groups excluding carboxylic acids is 3. The van der Waals surface area contributed by atoms with E-state index in [-0.39, 0.29) is 102 Å². The lowest BCUT2D eigenvalue weighted by Crippen LogP contribution is -2.55. The van der Waals surface area contributed by atoms with Crippen LogP contribution in [0, 0.1) is 64.3 Å². The van der Waals surface area contributed by atoms with E-state index in [1.165, 1.54) is 60.7 Å². The molecule has 2 bridgehead atoms. The number of amides is 3. The zero-order valence-corrected chi connectivity index (χ0v) is 84.6. The van der Waals surface area contributed by atoms with E-state index in [1.54, 1.807) is 80.1 Å². The van der Waals surface area contributed by atoms with E-state index in [2.05, 4.69) is 85.3 Å². The van der Waals surface area contributed by atoms with Crippen molar-refractivity contribution < 1.29 is 95.6 Å². The highest BCUT2D eigenvalue weighted by molar-refractivity contribution is 7.90. The van der Waals surface area contributed by atoms with Crippen LogP contribution in [0.4, 0.5) is 45.3 Å². The SMILES string of the molecule is CC1(NCC(=O)N2[C@H](C#N)CC[C@@H]2C#N)CCN(c2cc(C(=O)O)ccn2)CC1.CCOC[C@@H]1[C@@H](c2ccc(Cl)c(Cl)c2)C[C@@H]2CC[C@H]1N2C.COc1ccc(C)cc1CS(=O)(=O)c1cc(OC2CCNCC2)c2occc2c1.C[C@H](NC(=O)C(C)(C)Oc1ccc(C(F)(F)F)cn1)[C@@H](Cc1ccc(Cl)cc1)c1cccc(C#N)c1.N[C@H]1CC(C(=O)N2CCn3c(nnc3C(F)(F)F)C2)=CC[C@@H]1c1cc(F)c(F)cc1F. The molecule has 0 spiro atoms. The molecular formula is C105H114Cl3F9N16O12S. The molecule has 17 rings (SSSR count). The molecular weight excluding hydrogens is 1990 g/mol. The van der Waals surface area contributed by atoms with Crippen molar-refractivity contribution in [3.05, 3.63) is 264 Å². The number of alkyl halides is 6. The summed E-state index contributed by atoms with van der Waals surface area (Å²) < 4.78 is 174. The zero-order valence-electron chi connectivity index (χ0n) is 81.5. The van der Waals surface area contributed by atoms with Crippen LogP contribution in [-0.2, 0) is 66.6 Å². The van der Waals surface area contributed by atoms with Gasteiger partial charge in [-0.1, -0.05) is 88.9 Å². The summed E-state index contributed by atoms with van der Waals surface area (Å²) in [6.45, 7) is 15.5. The number of benzene rings is 6. The first-order chi connectivity index (χ1) is 69.4. The number of halogens is 12. The molecule has 28 nitrogen and oxygen atoms in total. The number of aryl methyl sites for hydroxylation is 1. The maximum atomic E-state index is 14.1. The van der Waals surface area contributed by atoms with Gasteiger partial charge in [-0.3, -0.25) is 14.4 Å². The fraction of sp³-hybridized carbons (Fsp3) is 0.438. The van der Waals surface area contributed by atoms with Gasteiger partial charge in [0, 0.05) is 132 Å². The predicted molar refractivity (Wildman–Crippen MR) is 529 cm³/mol. The Kier molecular flexibility index (Phi) is 36.8. The first-order valence-electron chi connectivity index (χ1n) is 47.8. The quantitative estimate of drug-likeness (QED) is 0.0262. The number of nitrogens with two attached hydrogens (primary N) is 1. The predicted octanol–water partition coefficient (Wildman–Crippen LogP) is 18.8. The van der Waals surface area contributed by atoms with Gasteiger partial charge in [-0.2, -0.15) is 42.1 Å². The Bertz CT molecular complexity index is 6570. The fourth-order valence-electron chi connectivity index (χ4n) is 19.5. The number of nitrogens with one attached hydrogen (secondary N) is 3. The largest absolute Gasteiger partial charge is 0.496 e. The molecule has 6 aliphatic heterocycles. The molecule has 0 radical (unpaired) electrons. The second kappa shape index (κ2) is 48.5. The van der Waals surface area contributed by atoms with E-state index in [9.17, 15) is 82.9 Å². The van der Waals surface area contributed by atoms with Gasteiger partial charge in [0.2, 0.25) is 23.5 Å². The van der Waals surface area contributed by atoms with Crippen LogP contribution in [0.25, 0.3) is 11.0 Å². The number of carboxylic acid groups (broad SMARTS) is 1. The van der Waals surface area contributed by atoms with Gasteiger partial charge in [0.05, 0.1) is 88.7 Å². The second-order valence-corrected chi connectivity index (χ2v) is 41.2. The van der Waals surface area contributed by atoms with Gasteiger partial charge in [-0.15, -0.1) is 10.2 Å². The van der Waals surface area contributed by atoms with Crippen LogP contribution in [0.2, 0.25) is 15.1 Å². The smallest absolute Gasteiger partial charge is 0.451 e. The Balaban J connectivity index is 0.000000154. The Morgan fingerprint density at radius 3 is 2.15 bits per heavy atom. The summed E-state index contributed by atoms with van der Waals surface area (Å²) in [6.07, 6.45) is 5.02. The molecule has 10 aromatic rings. The molecule has 6 aromatic carbocycles. The topological polar surface area (TPSA) is 376 Å². The van der Waals surface area contributed by atoms with Gasteiger partial charge >= 0.3 is 18.3 Å². The molecule has 3 amide bonds. The molecule has 5 fully saturated rings. The number of pyridine rings is 2. The molecule has 7 aliphatic rings. The molecule has 0 unspecified atom stereocenters. The number of furan rings is 1. The number of ether oxygens (including phenoxy) is 4. The van der Waals surface area contributed by atoms with E-state index >= 15 is 0 Å². The minimum atomic E-state index is -4.64. The highest BCUT2D eigenvalue weighted by Crippen LogP contribution is 2.48. The third-order valence-corrected chi connectivity index (χ3v) is 30.3. The van der Waals surface area contributed by atoms with Crippen LogP contribution in [0.3, 0.4) is 0 Å². The average molecular weight is 2100 g/mol. The van der Waals surface area contributed by atoms with E-state index in [4.69, 9.17) is 69.0 Å². The lowest BCUT2D eigenvalue weighted by Gasteiger charge is -2.43. The Labute approximate surface area is 855 Å². The minimum Gasteiger partial charge on any atom is -0.496 e. The number of allylic oxidation sites excluding steroid dienone is 1. The first kappa shape index (κ1) is 111. The number of piperidine rings is 3. The number of sulfone groups is 1. The summed E-state index contributed by atoms with van der Waals surface area (Å²) in [6, 6.07) is 43.0. The normalized spacial score (nSPS) is 20.3. The summed E-state index contributed by atoms with van der Waals surface area (Å²) >= 11 is 18.3. The van der Waals surface area contributed by atoms with Gasteiger partial charge in [0.25, 0.3) is 5.91 Å². The molecule has 10 atom stereocenters. The van der Waals surface area contributed by atoms with Crippen LogP contribution in [-0.4, -0.2) is 197 Å². The number of fused-ring (bicyclic) bond motifs is 4. The first-order valence-corrected chi connectivity index (χ1v) is 50.6. The molecule has 41 heteroatoms. The maximum Gasteiger partial charge on any atom is 0.451 e. The number of aromatic nitrogens is 5. The third kappa shape index (κ3) is 27.7. The van der Waals surface area contributed by atoms with Crippen LogP contribution >= 0.6 is 34.8 Å². The van der Waals surface area contributed by atoms with Crippen LogP contribution in [0.15, 0.2) is 179 Å². The molecule has 146 heavy (non-hydrogen) atoms. The molecule has 776 valence electrons. The number of methoxy groups -OCH3 is 1. The number of hydrogen-bond donors (Lipinski definition) is 5. The van der Waals surface area contributed by atoms with Crippen molar-refractivity contribution in [2.45, 2.75) is 226 Å². The van der Waals surface area contributed by atoms with Gasteiger partial charge in [-0.05, 0) is 246 Å². The molecule has 5 saturated heterocycles. The number of hydrogen-bond acceptors (Lipinski definition) is 23. The van der Waals surface area contributed by atoms with Crippen molar-refractivity contribution in [1.82, 2.24) is 55.4 Å². The number of carbonyl (C=O) groups is 4. The van der Waals surface area contributed by atoms with Gasteiger partial charge in [-0.25, -0.2) is 36.4 Å². The lowest BCUT2D eigenvalue weighted by atomic mass is 9.76. The van der Waals surface area contributed by atoms with Crippen molar-refractivity contribution in [1.29, 1.82) is 15.8 Å². The van der Waals surface area contributed by atoms with Crippen LogP contribution in [0.5, 0.6) is 17.4 Å². The van der Waals surface area contributed by atoms with E-state index in [0.29, 0.717) is 129 Å². The summed E-state index contributed by atoms with van der Waals surface area (Å²) in [4.78, 5) is 65.4. The number of likely N-dealkylation sites (tertiary alicyclic amines) is 1. The number of carboxylic acids is 1. The van der Waals surface area contributed by atoms with E-state index in [1.807, 2.05) is 62.1 Å². The fourth-order valence-corrected chi connectivity index (χ4v) is 21.3. The van der Waals surface area contributed by atoms with Crippen LogP contribution < -0.4 is 40.8 Å². The van der Waals surface area contributed by atoms with Crippen LogP contribution in [0.1, 0.15) is 190 Å². The van der Waals surface area contributed by atoms with E-state index < -0.39 is 98.5 Å². The molecule has 6 N–H and O–H groups in total.